The molecule has 0 saturated heterocycles. The van der Waals surface area contributed by atoms with Crippen LogP contribution in [0.4, 0.5) is 24.7 Å². The van der Waals surface area contributed by atoms with E-state index < -0.39 is 28.1 Å². The van der Waals surface area contributed by atoms with Crippen LogP contribution in [0.1, 0.15) is 35.7 Å². The number of aromatic nitrogens is 1. The van der Waals surface area contributed by atoms with Gasteiger partial charge in [-0.3, -0.25) is 4.72 Å². The third-order valence-electron chi connectivity index (χ3n) is 5.26. The number of carboxylic acid groups (broad SMARTS) is 2. The maximum absolute atomic E-state index is 12.7. The molecule has 3 aromatic rings. The summed E-state index contributed by atoms with van der Waals surface area (Å²) in [7, 11) is -2.44. The van der Waals surface area contributed by atoms with Crippen LogP contribution in [-0.2, 0) is 21.4 Å². The highest BCUT2D eigenvalue weighted by Gasteiger charge is 2.38. The zero-order chi connectivity index (χ0) is 29.9. The van der Waals surface area contributed by atoms with Crippen LogP contribution >= 0.6 is 0 Å². The zero-order valence-corrected chi connectivity index (χ0v) is 22.4. The number of benzene rings is 2. The summed E-state index contributed by atoms with van der Waals surface area (Å²) in [5.74, 6) is -3.11. The molecule has 2 aromatic carbocycles. The number of nitrogens with zero attached hydrogens (tertiary/aromatic N) is 2. The summed E-state index contributed by atoms with van der Waals surface area (Å²) in [6.07, 6.45) is -1.94. The predicted octanol–water partition coefficient (Wildman–Crippen LogP) is 5.03. The highest BCUT2D eigenvalue weighted by molar-refractivity contribution is 7.92. The maximum atomic E-state index is 12.7. The van der Waals surface area contributed by atoms with E-state index in [1.54, 1.807) is 0 Å². The quantitative estimate of drug-likeness (QED) is 0.283. The molecule has 0 fully saturated rings. The van der Waals surface area contributed by atoms with Crippen LogP contribution in [0.25, 0.3) is 0 Å². The van der Waals surface area contributed by atoms with Crippen LogP contribution in [0, 0.1) is 0 Å². The Morgan fingerprint density at radius 3 is 2.15 bits per heavy atom. The first-order chi connectivity index (χ1) is 18.8. The van der Waals surface area contributed by atoms with Crippen molar-refractivity contribution in [1.29, 1.82) is 0 Å². The fraction of sp³-hybridized carbons (Fsp3) is 0.269. The molecule has 0 radical (unpaired) electrons. The fourth-order valence-electron chi connectivity index (χ4n) is 3.30. The second kappa shape index (κ2) is 14.2. The molecule has 3 N–H and O–H groups in total. The van der Waals surface area contributed by atoms with Gasteiger partial charge in [-0.1, -0.05) is 43.7 Å². The van der Waals surface area contributed by atoms with Crippen molar-refractivity contribution in [3.63, 3.8) is 0 Å². The molecule has 3 rings (SSSR count). The summed E-state index contributed by atoms with van der Waals surface area (Å²) in [5.41, 5.74) is 1.02. The van der Waals surface area contributed by atoms with Gasteiger partial charge in [-0.15, -0.1) is 0 Å². The molecule has 0 bridgehead atoms. The van der Waals surface area contributed by atoms with Gasteiger partial charge < -0.3 is 19.8 Å². The molecule has 0 amide bonds. The van der Waals surface area contributed by atoms with Crippen LogP contribution in [0.3, 0.4) is 0 Å². The van der Waals surface area contributed by atoms with E-state index in [1.165, 1.54) is 43.6 Å². The minimum Gasteiger partial charge on any atom is -0.497 e. The lowest BCUT2D eigenvalue weighted by atomic mass is 10.1. The van der Waals surface area contributed by atoms with E-state index in [1.807, 2.05) is 35.2 Å². The van der Waals surface area contributed by atoms with Crippen molar-refractivity contribution in [3.05, 3.63) is 78.0 Å². The summed E-state index contributed by atoms with van der Waals surface area (Å²) in [6, 6.07) is 16.9. The number of hydrogen-bond acceptors (Lipinski definition) is 7. The number of pyridine rings is 1. The Kier molecular flexibility index (Phi) is 11.3. The topological polar surface area (TPSA) is 146 Å². The van der Waals surface area contributed by atoms with Crippen LogP contribution in [-0.4, -0.2) is 55.4 Å². The Hall–Kier alpha value is -4.33. The Labute approximate surface area is 229 Å². The average Bonchev–Trinajstić information content (AvgIpc) is 2.91. The number of aromatic carboxylic acids is 1. The highest BCUT2D eigenvalue weighted by atomic mass is 32.2. The molecule has 0 aliphatic carbocycles. The molecule has 10 nitrogen and oxygen atoms in total. The number of hydrogen-bond donors (Lipinski definition) is 3. The van der Waals surface area contributed by atoms with E-state index in [-0.39, 0.29) is 16.1 Å². The van der Waals surface area contributed by atoms with Gasteiger partial charge in [-0.25, -0.2) is 23.0 Å². The van der Waals surface area contributed by atoms with Gasteiger partial charge in [-0.2, -0.15) is 13.2 Å². The van der Waals surface area contributed by atoms with E-state index in [9.17, 15) is 31.5 Å². The first kappa shape index (κ1) is 31.9. The van der Waals surface area contributed by atoms with Gasteiger partial charge in [0.25, 0.3) is 10.0 Å². The van der Waals surface area contributed by atoms with Crippen molar-refractivity contribution in [2.24, 2.45) is 0 Å². The molecule has 0 aliphatic rings. The van der Waals surface area contributed by atoms with Crippen molar-refractivity contribution < 1.29 is 46.1 Å². The van der Waals surface area contributed by atoms with Crippen molar-refractivity contribution >= 4 is 33.5 Å². The van der Waals surface area contributed by atoms with Crippen molar-refractivity contribution in [1.82, 2.24) is 4.98 Å². The molecule has 0 spiro atoms. The van der Waals surface area contributed by atoms with Crippen LogP contribution in [0.15, 0.2) is 71.8 Å². The number of anilines is 2. The minimum atomic E-state index is -5.08. The average molecular weight is 584 g/mol. The number of carboxylic acids is 2. The largest absolute Gasteiger partial charge is 0.497 e. The Morgan fingerprint density at radius 2 is 1.65 bits per heavy atom. The van der Waals surface area contributed by atoms with Gasteiger partial charge in [0.2, 0.25) is 0 Å². The molecule has 1 heterocycles. The van der Waals surface area contributed by atoms with E-state index >= 15 is 0 Å². The summed E-state index contributed by atoms with van der Waals surface area (Å²) in [4.78, 5) is 27.2. The SMILES string of the molecule is CCCCN(Cc1ccccc1)c1ncc(NS(=O)(=O)c2ccc(OC)cc2)cc1C(=O)O.O=C(O)C(F)(F)F. The lowest BCUT2D eigenvalue weighted by Crippen LogP contribution is -2.27. The molecule has 40 heavy (non-hydrogen) atoms. The molecule has 1 aromatic heterocycles. The zero-order valence-electron chi connectivity index (χ0n) is 21.6. The first-order valence-electron chi connectivity index (χ1n) is 11.8. The standard InChI is InChI=1S/C24H27N3O5S.C2HF3O2/c1-3-4-14-27(17-18-8-6-5-7-9-18)23-22(24(28)29)15-19(16-25-23)26-33(30,31)21-12-10-20(32-2)11-13-21;3-2(4,5)1(6)7/h5-13,15-16,26H,3-4,14,17H2,1-2H3,(H,28,29);(H,6,7). The van der Waals surface area contributed by atoms with E-state index in [4.69, 9.17) is 14.6 Å². The number of sulfonamides is 1. The number of ether oxygens (including phenoxy) is 1. The molecule has 0 atom stereocenters. The molecule has 0 saturated carbocycles. The maximum Gasteiger partial charge on any atom is 0.490 e. The van der Waals surface area contributed by atoms with Crippen molar-refractivity contribution in [2.75, 3.05) is 23.3 Å². The number of methoxy groups -OCH3 is 1. The minimum absolute atomic E-state index is 0.0258. The lowest BCUT2D eigenvalue weighted by molar-refractivity contribution is -0.192. The fourth-order valence-corrected chi connectivity index (χ4v) is 4.34. The molecule has 14 heteroatoms. The molecule has 0 unspecified atom stereocenters. The second-order valence-corrected chi connectivity index (χ2v) is 9.93. The van der Waals surface area contributed by atoms with E-state index in [2.05, 4.69) is 16.6 Å². The third kappa shape index (κ3) is 9.45. The molecule has 216 valence electrons. The van der Waals surface area contributed by atoms with Gasteiger partial charge in [-0.05, 0) is 42.3 Å². The highest BCUT2D eigenvalue weighted by Crippen LogP contribution is 2.26. The van der Waals surface area contributed by atoms with E-state index in [0.29, 0.717) is 24.7 Å². The van der Waals surface area contributed by atoms with Crippen molar-refractivity contribution in [2.45, 2.75) is 37.4 Å². The number of alkyl halides is 3. The number of carbonyl (C=O) groups is 2. The first-order valence-corrected chi connectivity index (χ1v) is 13.3. The van der Waals surface area contributed by atoms with Gasteiger partial charge in [0.1, 0.15) is 17.1 Å². The number of nitrogens with one attached hydrogen (secondary N) is 1. The molecular formula is C26H28F3N3O7S. The Bertz CT molecular complexity index is 1380. The monoisotopic (exact) mass is 583 g/mol. The van der Waals surface area contributed by atoms with Gasteiger partial charge in [0.15, 0.2) is 0 Å². The molecule has 0 aliphatic heterocycles. The predicted molar refractivity (Wildman–Crippen MR) is 141 cm³/mol. The van der Waals surface area contributed by atoms with Gasteiger partial charge in [0.05, 0.1) is 23.9 Å². The van der Waals surface area contributed by atoms with Crippen LogP contribution < -0.4 is 14.4 Å². The van der Waals surface area contributed by atoms with E-state index in [0.717, 1.165) is 18.4 Å². The van der Waals surface area contributed by atoms with Crippen LogP contribution in [0.5, 0.6) is 5.75 Å². The number of unbranched alkanes of at least 4 members (excludes halogenated alkanes) is 1. The smallest absolute Gasteiger partial charge is 0.490 e. The second-order valence-electron chi connectivity index (χ2n) is 8.24. The van der Waals surface area contributed by atoms with Gasteiger partial charge in [0, 0.05) is 13.1 Å². The Morgan fingerprint density at radius 1 is 1.05 bits per heavy atom. The normalized spacial score (nSPS) is 11.1. The summed E-state index contributed by atoms with van der Waals surface area (Å²) >= 11 is 0. The number of aliphatic carboxylic acids is 1. The third-order valence-corrected chi connectivity index (χ3v) is 6.66. The van der Waals surface area contributed by atoms with Gasteiger partial charge >= 0.3 is 18.1 Å². The number of rotatable bonds is 11. The lowest BCUT2D eigenvalue weighted by Gasteiger charge is -2.25. The summed E-state index contributed by atoms with van der Waals surface area (Å²) < 4.78 is 64.7. The van der Waals surface area contributed by atoms with Crippen LogP contribution in [0.2, 0.25) is 0 Å². The number of halogens is 3. The summed E-state index contributed by atoms with van der Waals surface area (Å²) in [5, 5.41) is 17.0. The molecular weight excluding hydrogens is 555 g/mol. The summed E-state index contributed by atoms with van der Waals surface area (Å²) in [6.45, 7) is 3.17. The Balaban J connectivity index is 0.000000708. The van der Waals surface area contributed by atoms with Crippen molar-refractivity contribution in [3.8, 4) is 5.75 Å².